The lowest BCUT2D eigenvalue weighted by atomic mass is 10.1. The number of ether oxygens (including phenoxy) is 2. The average molecular weight is 393 g/mol. The Morgan fingerprint density at radius 3 is 2.61 bits per heavy atom. The van der Waals surface area contributed by atoms with Gasteiger partial charge in [-0.1, -0.05) is 0 Å². The second-order valence-corrected chi connectivity index (χ2v) is 8.10. The van der Waals surface area contributed by atoms with Crippen molar-refractivity contribution in [3.63, 3.8) is 0 Å². The summed E-state index contributed by atoms with van der Waals surface area (Å²) in [5, 5.41) is 10.9. The van der Waals surface area contributed by atoms with Crippen molar-refractivity contribution in [2.45, 2.75) is 0 Å². The van der Waals surface area contributed by atoms with Gasteiger partial charge in [-0.2, -0.15) is 5.26 Å². The van der Waals surface area contributed by atoms with Gasteiger partial charge in [-0.15, -0.1) is 11.3 Å². The van der Waals surface area contributed by atoms with Gasteiger partial charge in [0.15, 0.2) is 13.1 Å². The van der Waals surface area contributed by atoms with Gasteiger partial charge in [0, 0.05) is 30.9 Å². The number of aromatic nitrogens is 1. The first-order valence-corrected chi connectivity index (χ1v) is 10.4. The van der Waals surface area contributed by atoms with E-state index < -0.39 is 0 Å². The average Bonchev–Trinajstić information content (AvgIpc) is 2.77. The minimum Gasteiger partial charge on any atom is -0.378 e. The number of rotatable bonds is 1. The molecule has 0 N–H and O–H groups in total. The highest BCUT2D eigenvalue weighted by Gasteiger charge is 2.18. The smallest absolute Gasteiger partial charge is 0.201 e. The van der Waals surface area contributed by atoms with Gasteiger partial charge < -0.3 is 14.4 Å². The van der Waals surface area contributed by atoms with Gasteiger partial charge in [0.25, 0.3) is 0 Å². The molecule has 0 unspecified atom stereocenters. The van der Waals surface area contributed by atoms with E-state index in [-0.39, 0.29) is 0 Å². The van der Waals surface area contributed by atoms with Crippen LogP contribution in [0.3, 0.4) is 0 Å². The third-order valence-corrected chi connectivity index (χ3v) is 6.41. The summed E-state index contributed by atoms with van der Waals surface area (Å²) in [7, 11) is 0. The summed E-state index contributed by atoms with van der Waals surface area (Å²) in [6.45, 7) is 6.52. The van der Waals surface area contributed by atoms with Crippen LogP contribution < -0.4 is 14.8 Å². The first-order valence-electron chi connectivity index (χ1n) is 9.59. The van der Waals surface area contributed by atoms with Gasteiger partial charge in [-0.05, 0) is 18.2 Å². The van der Waals surface area contributed by atoms with Crippen molar-refractivity contribution < 1.29 is 9.47 Å². The Labute approximate surface area is 167 Å². The van der Waals surface area contributed by atoms with Crippen LogP contribution in [0.2, 0.25) is 0 Å². The lowest BCUT2D eigenvalue weighted by molar-refractivity contribution is 0.0966. The fraction of sp³-hybridized carbons (Fsp3) is 0.381. The predicted octanol–water partition coefficient (Wildman–Crippen LogP) is 1.91. The lowest BCUT2D eigenvalue weighted by Crippen LogP contribution is -2.39. The number of hydrogen-bond acceptors (Lipinski definition) is 6. The fourth-order valence-corrected chi connectivity index (χ4v) is 4.88. The van der Waals surface area contributed by atoms with Gasteiger partial charge in [-0.3, -0.25) is 0 Å². The van der Waals surface area contributed by atoms with Crippen LogP contribution in [0.4, 0.5) is 5.69 Å². The van der Waals surface area contributed by atoms with Crippen molar-refractivity contribution >= 4 is 27.2 Å². The number of anilines is 1. The maximum atomic E-state index is 9.70. The highest BCUT2D eigenvalue weighted by Crippen LogP contribution is 2.34. The van der Waals surface area contributed by atoms with E-state index in [1.165, 1.54) is 5.36 Å². The van der Waals surface area contributed by atoms with Crippen LogP contribution in [0.1, 0.15) is 5.56 Å². The number of fused-ring (bicyclic) bond motifs is 2. The second-order valence-electron chi connectivity index (χ2n) is 7.02. The molecule has 0 radical (unpaired) electrons. The molecule has 142 valence electrons. The van der Waals surface area contributed by atoms with Crippen molar-refractivity contribution in [1.82, 2.24) is 9.56 Å². The zero-order valence-corrected chi connectivity index (χ0v) is 16.4. The molecule has 3 aliphatic heterocycles. The molecule has 0 amide bonds. The molecule has 2 fully saturated rings. The zero-order valence-electron chi connectivity index (χ0n) is 15.6. The van der Waals surface area contributed by atoms with E-state index in [4.69, 9.17) is 14.5 Å². The van der Waals surface area contributed by atoms with Crippen molar-refractivity contribution in [2.75, 3.05) is 57.5 Å². The molecule has 1 aliphatic carbocycles. The molecule has 5 rings (SSSR count). The number of hydrogen-bond donors (Lipinski definition) is 0. The van der Waals surface area contributed by atoms with E-state index in [0.29, 0.717) is 5.56 Å². The molecular weight excluding hydrogens is 372 g/mol. The van der Waals surface area contributed by atoms with Crippen LogP contribution in [0.25, 0.3) is 20.8 Å². The van der Waals surface area contributed by atoms with E-state index in [2.05, 4.69) is 39.8 Å². The van der Waals surface area contributed by atoms with Crippen molar-refractivity contribution in [2.24, 2.45) is 0 Å². The molecule has 0 spiro atoms. The Morgan fingerprint density at radius 1 is 1.04 bits per heavy atom. The summed E-state index contributed by atoms with van der Waals surface area (Å²) in [6.07, 6.45) is 0. The van der Waals surface area contributed by atoms with E-state index >= 15 is 0 Å². The van der Waals surface area contributed by atoms with Crippen LogP contribution in [0.5, 0.6) is 0 Å². The van der Waals surface area contributed by atoms with E-state index in [1.54, 1.807) is 11.3 Å². The van der Waals surface area contributed by atoms with Crippen molar-refractivity contribution in [3.8, 4) is 16.6 Å². The number of morpholine rings is 2. The standard InChI is InChI=1S/C21H21N4O2S/c22-14-15-11-17(25-5-9-27-10-6-25)13-20-21(15)23-18-2-1-16(12-19(18)28-20)24-3-7-26-8-4-24/h1-2,11-13H,3-10H2/q+1. The summed E-state index contributed by atoms with van der Waals surface area (Å²) in [4.78, 5) is 8.24. The van der Waals surface area contributed by atoms with Gasteiger partial charge in [0.1, 0.15) is 19.3 Å². The minimum atomic E-state index is 0.634. The first-order chi connectivity index (χ1) is 13.8. The molecule has 1 aromatic carbocycles. The number of nitrogens with zero attached hydrogens (tertiary/aromatic N) is 4. The van der Waals surface area contributed by atoms with Crippen LogP contribution in [0.15, 0.2) is 30.3 Å². The highest BCUT2D eigenvalue weighted by molar-refractivity contribution is 7.21. The van der Waals surface area contributed by atoms with Crippen molar-refractivity contribution in [3.05, 3.63) is 41.3 Å². The van der Waals surface area contributed by atoms with Gasteiger partial charge in [0.2, 0.25) is 5.36 Å². The molecule has 0 atom stereocenters. The number of benzene rings is 2. The quantitative estimate of drug-likeness (QED) is 0.467. The summed E-state index contributed by atoms with van der Waals surface area (Å²) in [5.74, 6) is 0. The van der Waals surface area contributed by atoms with E-state index in [1.807, 2.05) is 6.07 Å². The molecule has 7 heteroatoms. The summed E-state index contributed by atoms with van der Waals surface area (Å²) < 4.78 is 14.3. The van der Waals surface area contributed by atoms with Gasteiger partial charge in [-0.25, -0.2) is 9.56 Å². The Morgan fingerprint density at radius 2 is 1.82 bits per heavy atom. The summed E-state index contributed by atoms with van der Waals surface area (Å²) >= 11 is 1.71. The molecule has 2 saturated heterocycles. The molecular formula is C21H21N4O2S+. The molecule has 0 aromatic heterocycles. The Hall–Kier alpha value is -2.53. The Balaban J connectivity index is 1.67. The van der Waals surface area contributed by atoms with Crippen LogP contribution in [0, 0.1) is 11.3 Å². The summed E-state index contributed by atoms with van der Waals surface area (Å²) in [6, 6.07) is 12.9. The van der Waals surface area contributed by atoms with Crippen LogP contribution >= 0.6 is 11.3 Å². The molecule has 0 bridgehead atoms. The van der Waals surface area contributed by atoms with Crippen LogP contribution in [-0.4, -0.2) is 57.6 Å². The molecule has 28 heavy (non-hydrogen) atoms. The SMILES string of the molecule is N#Cc1cc(N2CCOCC2)cc2sc3cc(=[N+]4CCOCC4)ccc-3nc12. The Kier molecular flexibility index (Phi) is 4.69. The largest absolute Gasteiger partial charge is 0.378 e. The normalized spacial score (nSPS) is 17.8. The molecule has 3 heterocycles. The molecule has 6 nitrogen and oxygen atoms in total. The number of nitriles is 1. The zero-order chi connectivity index (χ0) is 18.9. The van der Waals surface area contributed by atoms with Gasteiger partial charge >= 0.3 is 0 Å². The van der Waals surface area contributed by atoms with E-state index in [9.17, 15) is 5.26 Å². The van der Waals surface area contributed by atoms with E-state index in [0.717, 1.165) is 79.1 Å². The minimum absolute atomic E-state index is 0.634. The third kappa shape index (κ3) is 3.24. The predicted molar refractivity (Wildman–Crippen MR) is 110 cm³/mol. The third-order valence-electron chi connectivity index (χ3n) is 5.33. The second kappa shape index (κ2) is 7.47. The topological polar surface area (TPSA) is 61.4 Å². The first kappa shape index (κ1) is 17.6. The van der Waals surface area contributed by atoms with Crippen LogP contribution in [-0.2, 0) is 9.47 Å². The molecule has 0 saturated carbocycles. The molecule has 1 aromatic rings. The highest BCUT2D eigenvalue weighted by atomic mass is 32.1. The maximum absolute atomic E-state index is 9.70. The van der Waals surface area contributed by atoms with Gasteiger partial charge in [0.05, 0.1) is 39.6 Å². The monoisotopic (exact) mass is 393 g/mol. The molecule has 4 aliphatic rings. The lowest BCUT2D eigenvalue weighted by Gasteiger charge is -2.29. The van der Waals surface area contributed by atoms with Crippen molar-refractivity contribution in [1.29, 1.82) is 5.26 Å². The Bertz CT molecular complexity index is 1100. The fourth-order valence-electron chi connectivity index (χ4n) is 3.81. The maximum Gasteiger partial charge on any atom is 0.201 e. The summed E-state index contributed by atoms with van der Waals surface area (Å²) in [5.41, 5.74) is 3.43.